The first kappa shape index (κ1) is 23.5. The minimum atomic E-state index is -0.181. The van der Waals surface area contributed by atoms with Gasteiger partial charge in [-0.2, -0.15) is 4.98 Å². The Morgan fingerprint density at radius 2 is 1.91 bits per heavy atom. The minimum absolute atomic E-state index is 0.181. The molecule has 5 nitrogen and oxygen atoms in total. The highest BCUT2D eigenvalue weighted by Crippen LogP contribution is 2.38. The van der Waals surface area contributed by atoms with Gasteiger partial charge in [-0.05, 0) is 74.2 Å². The third-order valence-electron chi connectivity index (χ3n) is 6.13. The van der Waals surface area contributed by atoms with E-state index in [2.05, 4.69) is 68.2 Å². The van der Waals surface area contributed by atoms with Crippen molar-refractivity contribution in [3.05, 3.63) is 75.8 Å². The van der Waals surface area contributed by atoms with E-state index in [1.54, 1.807) is 0 Å². The SMILES string of the molecule is CC1=C(c2nc(-c3cccc(Cl)c3)no2)C(c2ccc(C)c(C)c2)NC(=S)N1CCC(C)C. The van der Waals surface area contributed by atoms with Crippen molar-refractivity contribution in [3.63, 3.8) is 0 Å². The fourth-order valence-corrected chi connectivity index (χ4v) is 4.52. The Bertz CT molecular complexity index is 1220. The standard InChI is InChI=1S/C26H29ClN4OS/c1-15(2)11-12-31-18(5)22(23(28-26(31)33)19-10-9-16(3)17(4)13-19)25-29-24(30-32-25)20-7-6-8-21(27)14-20/h6-10,13-15,23H,11-12H2,1-5H3,(H,28,33). The largest absolute Gasteiger partial charge is 0.351 e. The van der Waals surface area contributed by atoms with E-state index in [4.69, 9.17) is 33.3 Å². The zero-order valence-electron chi connectivity index (χ0n) is 19.6. The monoisotopic (exact) mass is 480 g/mol. The first-order chi connectivity index (χ1) is 15.7. The van der Waals surface area contributed by atoms with Gasteiger partial charge in [0.05, 0.1) is 11.6 Å². The Kier molecular flexibility index (Phi) is 6.86. The van der Waals surface area contributed by atoms with E-state index in [1.165, 1.54) is 11.1 Å². The van der Waals surface area contributed by atoms with Crippen molar-refractivity contribution in [2.75, 3.05) is 6.54 Å². The second-order valence-corrected chi connectivity index (χ2v) is 9.82. The molecule has 1 aliphatic rings. The van der Waals surface area contributed by atoms with E-state index < -0.39 is 0 Å². The van der Waals surface area contributed by atoms with E-state index in [-0.39, 0.29) is 6.04 Å². The molecule has 0 spiro atoms. The molecule has 2 heterocycles. The molecular formula is C26H29ClN4OS. The highest BCUT2D eigenvalue weighted by atomic mass is 35.5. The van der Waals surface area contributed by atoms with Crippen molar-refractivity contribution in [2.45, 2.75) is 47.1 Å². The van der Waals surface area contributed by atoms with Crippen molar-refractivity contribution < 1.29 is 4.52 Å². The van der Waals surface area contributed by atoms with Crippen LogP contribution in [-0.4, -0.2) is 26.7 Å². The molecule has 0 saturated heterocycles. The highest BCUT2D eigenvalue weighted by molar-refractivity contribution is 7.80. The van der Waals surface area contributed by atoms with Crippen LogP contribution in [0.4, 0.5) is 0 Å². The highest BCUT2D eigenvalue weighted by Gasteiger charge is 2.34. The number of halogens is 1. The smallest absolute Gasteiger partial charge is 0.258 e. The molecule has 2 aromatic carbocycles. The number of aromatic nitrogens is 2. The van der Waals surface area contributed by atoms with Crippen LogP contribution in [0, 0.1) is 19.8 Å². The third kappa shape index (κ3) is 4.97. The molecule has 172 valence electrons. The van der Waals surface area contributed by atoms with E-state index in [1.807, 2.05) is 24.3 Å². The first-order valence-corrected chi connectivity index (χ1v) is 12.0. The lowest BCUT2D eigenvalue weighted by Gasteiger charge is -2.37. The van der Waals surface area contributed by atoms with Gasteiger partial charge in [0, 0.05) is 22.8 Å². The molecule has 0 bridgehead atoms. The molecule has 0 amide bonds. The number of hydrogen-bond acceptors (Lipinski definition) is 4. The van der Waals surface area contributed by atoms with Gasteiger partial charge in [0.2, 0.25) is 5.82 Å². The van der Waals surface area contributed by atoms with Gasteiger partial charge in [0.1, 0.15) is 0 Å². The summed E-state index contributed by atoms with van der Waals surface area (Å²) >= 11 is 12.0. The van der Waals surface area contributed by atoms with Crippen molar-refractivity contribution in [2.24, 2.45) is 5.92 Å². The normalized spacial score (nSPS) is 16.5. The Hall–Kier alpha value is -2.70. The molecule has 1 atom stereocenters. The summed E-state index contributed by atoms with van der Waals surface area (Å²) in [5.74, 6) is 1.56. The molecule has 1 aromatic heterocycles. The van der Waals surface area contributed by atoms with Gasteiger partial charge in [0.15, 0.2) is 5.11 Å². The number of allylic oxidation sites excluding steroid dienone is 1. The van der Waals surface area contributed by atoms with Crippen LogP contribution in [0.5, 0.6) is 0 Å². The Balaban J connectivity index is 1.81. The first-order valence-electron chi connectivity index (χ1n) is 11.2. The van der Waals surface area contributed by atoms with Gasteiger partial charge in [0.25, 0.3) is 5.89 Å². The number of thiocarbonyl (C=S) groups is 1. The molecule has 1 unspecified atom stereocenters. The van der Waals surface area contributed by atoms with Crippen molar-refractivity contribution in [1.29, 1.82) is 0 Å². The van der Waals surface area contributed by atoms with Crippen LogP contribution in [0.15, 0.2) is 52.7 Å². The second kappa shape index (κ2) is 9.65. The summed E-state index contributed by atoms with van der Waals surface area (Å²) in [5, 5.41) is 9.15. The summed E-state index contributed by atoms with van der Waals surface area (Å²) in [4.78, 5) is 6.91. The zero-order chi connectivity index (χ0) is 23.7. The predicted octanol–water partition coefficient (Wildman–Crippen LogP) is 6.72. The topological polar surface area (TPSA) is 54.2 Å². The van der Waals surface area contributed by atoms with Crippen LogP contribution in [0.3, 0.4) is 0 Å². The average Bonchev–Trinajstić information content (AvgIpc) is 3.24. The molecule has 3 aromatic rings. The Morgan fingerprint density at radius 1 is 1.12 bits per heavy atom. The van der Waals surface area contributed by atoms with Gasteiger partial charge >= 0.3 is 0 Å². The lowest BCUT2D eigenvalue weighted by atomic mass is 9.92. The molecule has 0 radical (unpaired) electrons. The van der Waals surface area contributed by atoms with E-state index >= 15 is 0 Å². The maximum atomic E-state index is 6.17. The lowest BCUT2D eigenvalue weighted by Crippen LogP contribution is -2.46. The molecule has 1 aliphatic heterocycles. The Labute approximate surface area is 205 Å². The van der Waals surface area contributed by atoms with Crippen molar-refractivity contribution >= 4 is 34.5 Å². The number of rotatable bonds is 6. The molecule has 4 rings (SSSR count). The van der Waals surface area contributed by atoms with Crippen LogP contribution >= 0.6 is 23.8 Å². The summed E-state index contributed by atoms with van der Waals surface area (Å²) in [6, 6.07) is 13.7. The molecule has 1 N–H and O–H groups in total. The van der Waals surface area contributed by atoms with Gasteiger partial charge in [-0.1, -0.05) is 60.9 Å². The maximum absolute atomic E-state index is 6.17. The number of hydrogen-bond donors (Lipinski definition) is 1. The van der Waals surface area contributed by atoms with Gasteiger partial charge in [-0.25, -0.2) is 0 Å². The fourth-order valence-electron chi connectivity index (χ4n) is 3.99. The van der Waals surface area contributed by atoms with Crippen molar-refractivity contribution in [1.82, 2.24) is 20.4 Å². The Morgan fingerprint density at radius 3 is 2.61 bits per heavy atom. The zero-order valence-corrected chi connectivity index (χ0v) is 21.2. The van der Waals surface area contributed by atoms with E-state index in [9.17, 15) is 0 Å². The maximum Gasteiger partial charge on any atom is 0.258 e. The van der Waals surface area contributed by atoms with Crippen LogP contribution < -0.4 is 5.32 Å². The lowest BCUT2D eigenvalue weighted by molar-refractivity contribution is 0.390. The molecular weight excluding hydrogens is 452 g/mol. The van der Waals surface area contributed by atoms with E-state index in [0.717, 1.165) is 40.5 Å². The van der Waals surface area contributed by atoms with Crippen LogP contribution in [0.2, 0.25) is 5.02 Å². The van der Waals surface area contributed by atoms with Gasteiger partial charge in [-0.15, -0.1) is 0 Å². The van der Waals surface area contributed by atoms with Crippen LogP contribution in [-0.2, 0) is 0 Å². The molecule has 0 fully saturated rings. The van der Waals surface area contributed by atoms with Crippen LogP contribution in [0.25, 0.3) is 17.0 Å². The number of benzene rings is 2. The average molecular weight is 481 g/mol. The predicted molar refractivity (Wildman–Crippen MR) is 138 cm³/mol. The molecule has 0 saturated carbocycles. The summed E-state index contributed by atoms with van der Waals surface area (Å²) in [5.41, 5.74) is 6.37. The quantitative estimate of drug-likeness (QED) is 0.395. The summed E-state index contributed by atoms with van der Waals surface area (Å²) in [7, 11) is 0. The third-order valence-corrected chi connectivity index (χ3v) is 6.70. The number of nitrogens with one attached hydrogen (secondary N) is 1. The van der Waals surface area contributed by atoms with Crippen LogP contribution in [0.1, 0.15) is 55.8 Å². The number of nitrogens with zero attached hydrogens (tertiary/aromatic N) is 3. The molecule has 0 aliphatic carbocycles. The summed E-state index contributed by atoms with van der Waals surface area (Å²) in [6.45, 7) is 11.6. The summed E-state index contributed by atoms with van der Waals surface area (Å²) < 4.78 is 5.81. The number of aryl methyl sites for hydroxylation is 2. The fraction of sp³-hybridized carbons (Fsp3) is 0.346. The second-order valence-electron chi connectivity index (χ2n) is 8.99. The van der Waals surface area contributed by atoms with Gasteiger partial charge in [-0.3, -0.25) is 0 Å². The van der Waals surface area contributed by atoms with E-state index in [0.29, 0.717) is 22.7 Å². The summed E-state index contributed by atoms with van der Waals surface area (Å²) in [6.07, 6.45) is 1.03. The minimum Gasteiger partial charge on any atom is -0.351 e. The molecule has 33 heavy (non-hydrogen) atoms. The van der Waals surface area contributed by atoms with Gasteiger partial charge < -0.3 is 14.7 Å². The molecule has 7 heteroatoms. The van der Waals surface area contributed by atoms with Crippen molar-refractivity contribution in [3.8, 4) is 11.4 Å².